The summed E-state index contributed by atoms with van der Waals surface area (Å²) in [5, 5.41) is 9.19. The summed E-state index contributed by atoms with van der Waals surface area (Å²) in [4.78, 5) is 10.4. The van der Waals surface area contributed by atoms with Crippen LogP contribution in [-0.2, 0) is 16.1 Å². The van der Waals surface area contributed by atoms with Crippen molar-refractivity contribution in [3.63, 3.8) is 0 Å². The van der Waals surface area contributed by atoms with Crippen LogP contribution in [0.3, 0.4) is 0 Å². The number of halogens is 1. The second-order valence-electron chi connectivity index (χ2n) is 3.65. The summed E-state index contributed by atoms with van der Waals surface area (Å²) < 4.78 is 5.51. The lowest BCUT2D eigenvalue weighted by molar-refractivity contribution is -0.137. The number of rotatable bonds is 6. The van der Waals surface area contributed by atoms with Gasteiger partial charge < -0.3 is 9.84 Å². The summed E-state index contributed by atoms with van der Waals surface area (Å²) in [6.45, 7) is 2.28. The molecule has 0 bridgehead atoms. The number of carboxylic acids is 1. The van der Waals surface area contributed by atoms with Crippen molar-refractivity contribution >= 4 is 17.6 Å². The van der Waals surface area contributed by atoms with Crippen molar-refractivity contribution in [3.8, 4) is 0 Å². The molecule has 1 atom stereocenters. The van der Waals surface area contributed by atoms with E-state index in [9.17, 15) is 4.79 Å². The number of ether oxygens (including phenoxy) is 1. The lowest BCUT2D eigenvalue weighted by Crippen LogP contribution is -2.10. The Morgan fingerprint density at radius 1 is 1.50 bits per heavy atom. The molecular formula is C12H15ClO3. The van der Waals surface area contributed by atoms with Gasteiger partial charge in [-0.25, -0.2) is 0 Å². The van der Waals surface area contributed by atoms with Crippen LogP contribution in [0, 0.1) is 0 Å². The monoisotopic (exact) mass is 242 g/mol. The predicted molar refractivity (Wildman–Crippen MR) is 62.6 cm³/mol. The molecule has 88 valence electrons. The highest BCUT2D eigenvalue weighted by molar-refractivity contribution is 6.31. The Labute approximate surface area is 100.0 Å². The number of aliphatic carboxylic acids is 1. The summed E-state index contributed by atoms with van der Waals surface area (Å²) in [5.74, 6) is -0.798. The van der Waals surface area contributed by atoms with E-state index >= 15 is 0 Å². The summed E-state index contributed by atoms with van der Waals surface area (Å²) >= 11 is 5.96. The third kappa shape index (κ3) is 4.64. The Morgan fingerprint density at radius 2 is 2.19 bits per heavy atom. The van der Waals surface area contributed by atoms with Crippen LogP contribution in [0.15, 0.2) is 24.3 Å². The van der Waals surface area contributed by atoms with E-state index in [0.29, 0.717) is 18.1 Å². The van der Waals surface area contributed by atoms with Gasteiger partial charge in [0, 0.05) is 11.4 Å². The van der Waals surface area contributed by atoms with Crippen LogP contribution in [0.2, 0.25) is 5.02 Å². The summed E-state index contributed by atoms with van der Waals surface area (Å²) in [6, 6.07) is 7.46. The molecule has 0 saturated carbocycles. The Bertz CT molecular complexity index is 352. The van der Waals surface area contributed by atoms with Crippen molar-refractivity contribution in [3.05, 3.63) is 34.9 Å². The lowest BCUT2D eigenvalue weighted by atomic mass is 10.2. The maximum atomic E-state index is 10.4. The van der Waals surface area contributed by atoms with Crippen molar-refractivity contribution < 1.29 is 14.6 Å². The summed E-state index contributed by atoms with van der Waals surface area (Å²) in [6.07, 6.45) is 0.566. The normalized spacial score (nSPS) is 12.4. The van der Waals surface area contributed by atoms with Crippen molar-refractivity contribution in [2.24, 2.45) is 0 Å². The quantitative estimate of drug-likeness (QED) is 0.834. The highest BCUT2D eigenvalue weighted by Gasteiger charge is 2.07. The molecule has 1 N–H and O–H groups in total. The Morgan fingerprint density at radius 3 is 2.81 bits per heavy atom. The van der Waals surface area contributed by atoms with Gasteiger partial charge in [0.25, 0.3) is 0 Å². The molecule has 16 heavy (non-hydrogen) atoms. The molecule has 0 aliphatic heterocycles. The third-order valence-corrected chi connectivity index (χ3v) is 2.61. The van der Waals surface area contributed by atoms with E-state index in [1.807, 2.05) is 31.2 Å². The zero-order valence-electron chi connectivity index (χ0n) is 9.15. The fourth-order valence-electron chi connectivity index (χ4n) is 1.26. The fourth-order valence-corrected chi connectivity index (χ4v) is 1.45. The van der Waals surface area contributed by atoms with Gasteiger partial charge in [-0.15, -0.1) is 0 Å². The van der Waals surface area contributed by atoms with Crippen LogP contribution in [0.25, 0.3) is 0 Å². The number of hydrogen-bond acceptors (Lipinski definition) is 2. The standard InChI is InChI=1S/C12H15ClO3/c1-9(6-7-12(14)15)16-8-10-4-2-3-5-11(10)13/h2-5,9H,6-8H2,1H3,(H,14,15). The maximum Gasteiger partial charge on any atom is 0.303 e. The van der Waals surface area contributed by atoms with Gasteiger partial charge >= 0.3 is 5.97 Å². The van der Waals surface area contributed by atoms with E-state index in [-0.39, 0.29) is 12.5 Å². The first-order valence-corrected chi connectivity index (χ1v) is 5.54. The third-order valence-electron chi connectivity index (χ3n) is 2.25. The lowest BCUT2D eigenvalue weighted by Gasteiger charge is -2.12. The molecule has 1 rings (SSSR count). The summed E-state index contributed by atoms with van der Waals surface area (Å²) in [5.41, 5.74) is 0.923. The number of benzene rings is 1. The Hall–Kier alpha value is -1.06. The van der Waals surface area contributed by atoms with Crippen molar-refractivity contribution in [2.75, 3.05) is 0 Å². The maximum absolute atomic E-state index is 10.4. The molecule has 0 heterocycles. The fraction of sp³-hybridized carbons (Fsp3) is 0.417. The van der Waals surface area contributed by atoms with Crippen LogP contribution >= 0.6 is 11.6 Å². The molecule has 1 aromatic rings. The molecule has 4 heteroatoms. The van der Waals surface area contributed by atoms with E-state index in [1.54, 1.807) is 0 Å². The van der Waals surface area contributed by atoms with Crippen molar-refractivity contribution in [2.45, 2.75) is 32.5 Å². The minimum Gasteiger partial charge on any atom is -0.481 e. The van der Waals surface area contributed by atoms with Crippen LogP contribution in [0.5, 0.6) is 0 Å². The minimum absolute atomic E-state index is 0.0765. The molecule has 0 fully saturated rings. The van der Waals surface area contributed by atoms with Gasteiger partial charge in [0.1, 0.15) is 0 Å². The molecule has 1 unspecified atom stereocenters. The molecule has 1 aromatic carbocycles. The van der Waals surface area contributed by atoms with Crippen LogP contribution in [0.4, 0.5) is 0 Å². The van der Waals surface area contributed by atoms with Gasteiger partial charge in [-0.2, -0.15) is 0 Å². The summed E-state index contributed by atoms with van der Waals surface area (Å²) in [7, 11) is 0. The van der Waals surface area contributed by atoms with Crippen LogP contribution in [0.1, 0.15) is 25.3 Å². The first-order valence-electron chi connectivity index (χ1n) is 5.16. The molecule has 0 aromatic heterocycles. The van der Waals surface area contributed by atoms with Gasteiger partial charge in [-0.3, -0.25) is 4.79 Å². The average Bonchev–Trinajstić information content (AvgIpc) is 2.25. The topological polar surface area (TPSA) is 46.5 Å². The van der Waals surface area contributed by atoms with Crippen LogP contribution < -0.4 is 0 Å². The second kappa shape index (κ2) is 6.51. The molecule has 0 amide bonds. The smallest absolute Gasteiger partial charge is 0.303 e. The average molecular weight is 243 g/mol. The van der Waals surface area contributed by atoms with Crippen molar-refractivity contribution in [1.29, 1.82) is 0 Å². The van der Waals surface area contributed by atoms with Gasteiger partial charge in [-0.1, -0.05) is 29.8 Å². The zero-order valence-corrected chi connectivity index (χ0v) is 9.91. The molecule has 0 aliphatic carbocycles. The molecular weight excluding hydrogens is 228 g/mol. The van der Waals surface area contributed by atoms with Gasteiger partial charge in [0.2, 0.25) is 0 Å². The largest absolute Gasteiger partial charge is 0.481 e. The Balaban J connectivity index is 2.34. The zero-order chi connectivity index (χ0) is 12.0. The van der Waals surface area contributed by atoms with Gasteiger partial charge in [0.15, 0.2) is 0 Å². The van der Waals surface area contributed by atoms with Crippen LogP contribution in [-0.4, -0.2) is 17.2 Å². The van der Waals surface area contributed by atoms with E-state index in [0.717, 1.165) is 5.56 Å². The van der Waals surface area contributed by atoms with E-state index in [1.165, 1.54) is 0 Å². The van der Waals surface area contributed by atoms with Crippen molar-refractivity contribution in [1.82, 2.24) is 0 Å². The van der Waals surface area contributed by atoms with E-state index in [2.05, 4.69) is 0 Å². The molecule has 0 spiro atoms. The first kappa shape index (κ1) is 13.0. The Kier molecular flexibility index (Phi) is 5.29. The molecule has 0 aliphatic rings. The molecule has 0 radical (unpaired) electrons. The van der Waals surface area contributed by atoms with Gasteiger partial charge in [-0.05, 0) is 25.0 Å². The second-order valence-corrected chi connectivity index (χ2v) is 4.05. The molecule has 3 nitrogen and oxygen atoms in total. The first-order chi connectivity index (χ1) is 7.59. The highest BCUT2D eigenvalue weighted by atomic mass is 35.5. The highest BCUT2D eigenvalue weighted by Crippen LogP contribution is 2.17. The van der Waals surface area contributed by atoms with E-state index < -0.39 is 5.97 Å². The van der Waals surface area contributed by atoms with Gasteiger partial charge in [0.05, 0.1) is 12.7 Å². The van der Waals surface area contributed by atoms with E-state index in [4.69, 9.17) is 21.4 Å². The predicted octanol–water partition coefficient (Wildman–Crippen LogP) is 3.11. The number of hydrogen-bond donors (Lipinski definition) is 1. The number of carbonyl (C=O) groups is 1. The number of carboxylic acid groups (broad SMARTS) is 1. The minimum atomic E-state index is -0.798. The molecule has 0 saturated heterocycles. The SMILES string of the molecule is CC(CCC(=O)O)OCc1ccccc1Cl.